The van der Waals surface area contributed by atoms with Crippen LogP contribution in [0.2, 0.25) is 0 Å². The van der Waals surface area contributed by atoms with E-state index in [9.17, 15) is 0 Å². The summed E-state index contributed by atoms with van der Waals surface area (Å²) in [5.74, 6) is 0. The second-order valence-electron chi connectivity index (χ2n) is 4.42. The van der Waals surface area contributed by atoms with Crippen molar-refractivity contribution in [2.75, 3.05) is 0 Å². The van der Waals surface area contributed by atoms with Gasteiger partial charge in [0.2, 0.25) is 0 Å². The lowest BCUT2D eigenvalue weighted by molar-refractivity contribution is 0.299. The molecule has 84 valence electrons. The number of hydrogen-bond donors (Lipinski definition) is 1. The van der Waals surface area contributed by atoms with Crippen LogP contribution in [0.4, 0.5) is 0 Å². The van der Waals surface area contributed by atoms with Gasteiger partial charge in [-0.1, -0.05) is 19.9 Å². The first-order valence-corrected chi connectivity index (χ1v) is 5.79. The van der Waals surface area contributed by atoms with E-state index in [1.165, 1.54) is 5.56 Å². The minimum absolute atomic E-state index is 0.231. The summed E-state index contributed by atoms with van der Waals surface area (Å²) in [6.45, 7) is 8.93. The van der Waals surface area contributed by atoms with Gasteiger partial charge in [-0.3, -0.25) is 4.98 Å². The molecular formula is C13H22N2. The summed E-state index contributed by atoms with van der Waals surface area (Å²) in [5.41, 5.74) is 1.49. The fourth-order valence-electron chi connectivity index (χ4n) is 1.69. The molecule has 0 aromatic carbocycles. The number of nitrogens with zero attached hydrogens (tertiary/aromatic N) is 1. The Kier molecular flexibility index (Phi) is 4.28. The molecule has 1 N–H and O–H groups in total. The summed E-state index contributed by atoms with van der Waals surface area (Å²) in [6.07, 6.45) is 6.04. The van der Waals surface area contributed by atoms with Crippen LogP contribution in [0.3, 0.4) is 0 Å². The monoisotopic (exact) mass is 206 g/mol. The van der Waals surface area contributed by atoms with E-state index in [1.54, 1.807) is 0 Å². The van der Waals surface area contributed by atoms with Crippen molar-refractivity contribution >= 4 is 0 Å². The number of rotatable bonds is 5. The Labute approximate surface area is 93.1 Å². The standard InChI is InChI=1S/C13H22N2/c1-5-13(4,6-2)15-11(3)12-8-7-9-14-10-12/h7-11,15H,5-6H2,1-4H3. The summed E-state index contributed by atoms with van der Waals surface area (Å²) in [5, 5.41) is 3.67. The van der Waals surface area contributed by atoms with Crippen LogP contribution in [-0.4, -0.2) is 10.5 Å². The molecule has 0 fully saturated rings. The molecule has 0 aliphatic heterocycles. The first kappa shape index (κ1) is 12.2. The molecule has 1 unspecified atom stereocenters. The summed E-state index contributed by atoms with van der Waals surface area (Å²) >= 11 is 0. The average Bonchev–Trinajstić information content (AvgIpc) is 2.30. The van der Waals surface area contributed by atoms with Crippen molar-refractivity contribution < 1.29 is 0 Å². The first-order valence-electron chi connectivity index (χ1n) is 5.79. The van der Waals surface area contributed by atoms with E-state index in [-0.39, 0.29) is 5.54 Å². The van der Waals surface area contributed by atoms with Crippen molar-refractivity contribution in [3.05, 3.63) is 30.1 Å². The summed E-state index contributed by atoms with van der Waals surface area (Å²) < 4.78 is 0. The quantitative estimate of drug-likeness (QED) is 0.799. The highest BCUT2D eigenvalue weighted by molar-refractivity contribution is 5.13. The Bertz CT molecular complexity index is 278. The molecule has 0 radical (unpaired) electrons. The molecule has 1 aromatic rings. The van der Waals surface area contributed by atoms with Crippen LogP contribution < -0.4 is 5.32 Å². The highest BCUT2D eigenvalue weighted by Crippen LogP contribution is 2.20. The molecule has 0 aliphatic carbocycles. The molecule has 15 heavy (non-hydrogen) atoms. The van der Waals surface area contributed by atoms with Crippen molar-refractivity contribution in [3.8, 4) is 0 Å². The molecule has 1 rings (SSSR count). The van der Waals surface area contributed by atoms with Crippen molar-refractivity contribution in [3.63, 3.8) is 0 Å². The van der Waals surface area contributed by atoms with Gasteiger partial charge in [0.15, 0.2) is 0 Å². The smallest absolute Gasteiger partial charge is 0.0315 e. The third kappa shape index (κ3) is 3.31. The molecule has 0 aliphatic rings. The van der Waals surface area contributed by atoms with Crippen molar-refractivity contribution in [2.45, 2.75) is 52.1 Å². The molecule has 2 heteroatoms. The van der Waals surface area contributed by atoms with Crippen LogP contribution in [0.15, 0.2) is 24.5 Å². The average molecular weight is 206 g/mol. The van der Waals surface area contributed by atoms with Crippen LogP contribution in [0, 0.1) is 0 Å². The SMILES string of the molecule is CCC(C)(CC)NC(C)c1cccnc1. The normalized spacial score (nSPS) is 13.9. The van der Waals surface area contributed by atoms with E-state index in [0.29, 0.717) is 6.04 Å². The van der Waals surface area contributed by atoms with E-state index in [2.05, 4.69) is 44.1 Å². The maximum atomic E-state index is 4.15. The lowest BCUT2D eigenvalue weighted by Gasteiger charge is -2.32. The number of nitrogens with one attached hydrogen (secondary N) is 1. The summed E-state index contributed by atoms with van der Waals surface area (Å²) in [7, 11) is 0. The highest BCUT2D eigenvalue weighted by Gasteiger charge is 2.21. The Morgan fingerprint density at radius 1 is 1.40 bits per heavy atom. The summed E-state index contributed by atoms with van der Waals surface area (Å²) in [4.78, 5) is 4.15. The van der Waals surface area contributed by atoms with Crippen molar-refractivity contribution in [1.29, 1.82) is 0 Å². The number of hydrogen-bond acceptors (Lipinski definition) is 2. The third-order valence-electron chi connectivity index (χ3n) is 3.31. The van der Waals surface area contributed by atoms with Gasteiger partial charge in [-0.15, -0.1) is 0 Å². The summed E-state index contributed by atoms with van der Waals surface area (Å²) in [6, 6.07) is 4.47. The Hall–Kier alpha value is -0.890. The maximum Gasteiger partial charge on any atom is 0.0315 e. The van der Waals surface area contributed by atoms with Gasteiger partial charge < -0.3 is 5.32 Å². The Morgan fingerprint density at radius 2 is 2.07 bits per heavy atom. The van der Waals surface area contributed by atoms with Crippen LogP contribution in [-0.2, 0) is 0 Å². The zero-order valence-corrected chi connectivity index (χ0v) is 10.2. The second kappa shape index (κ2) is 5.26. The topological polar surface area (TPSA) is 24.9 Å². The minimum atomic E-state index is 0.231. The van der Waals surface area contributed by atoms with Gasteiger partial charge in [-0.25, -0.2) is 0 Å². The lowest BCUT2D eigenvalue weighted by atomic mass is 9.93. The first-order chi connectivity index (χ1) is 7.11. The lowest BCUT2D eigenvalue weighted by Crippen LogP contribution is -2.42. The molecular weight excluding hydrogens is 184 g/mol. The number of pyridine rings is 1. The number of aromatic nitrogens is 1. The van der Waals surface area contributed by atoms with Crippen LogP contribution in [0.25, 0.3) is 0 Å². The van der Waals surface area contributed by atoms with E-state index in [1.807, 2.05) is 18.5 Å². The van der Waals surface area contributed by atoms with Gasteiger partial charge in [0, 0.05) is 24.0 Å². The van der Waals surface area contributed by atoms with Crippen LogP contribution in [0.5, 0.6) is 0 Å². The fourth-order valence-corrected chi connectivity index (χ4v) is 1.69. The van der Waals surface area contributed by atoms with Crippen molar-refractivity contribution in [1.82, 2.24) is 10.3 Å². The van der Waals surface area contributed by atoms with Gasteiger partial charge in [0.25, 0.3) is 0 Å². The molecule has 0 saturated heterocycles. The molecule has 0 saturated carbocycles. The van der Waals surface area contributed by atoms with Crippen molar-refractivity contribution in [2.24, 2.45) is 0 Å². The zero-order valence-electron chi connectivity index (χ0n) is 10.2. The van der Waals surface area contributed by atoms with Crippen LogP contribution >= 0.6 is 0 Å². The molecule has 0 spiro atoms. The van der Waals surface area contributed by atoms with Gasteiger partial charge in [0.05, 0.1) is 0 Å². The van der Waals surface area contributed by atoms with Gasteiger partial charge in [0.1, 0.15) is 0 Å². The Balaban J connectivity index is 2.67. The molecule has 2 nitrogen and oxygen atoms in total. The molecule has 1 atom stereocenters. The molecule has 0 bridgehead atoms. The predicted molar refractivity (Wildman–Crippen MR) is 64.8 cm³/mol. The fraction of sp³-hybridized carbons (Fsp3) is 0.615. The van der Waals surface area contributed by atoms with E-state index in [4.69, 9.17) is 0 Å². The molecule has 1 heterocycles. The zero-order chi connectivity index (χ0) is 11.3. The van der Waals surface area contributed by atoms with Gasteiger partial charge >= 0.3 is 0 Å². The predicted octanol–water partition coefficient (Wildman–Crippen LogP) is 3.31. The van der Waals surface area contributed by atoms with E-state index < -0.39 is 0 Å². The molecule has 1 aromatic heterocycles. The van der Waals surface area contributed by atoms with E-state index in [0.717, 1.165) is 12.8 Å². The Morgan fingerprint density at radius 3 is 2.53 bits per heavy atom. The van der Waals surface area contributed by atoms with Crippen LogP contribution in [0.1, 0.15) is 52.1 Å². The van der Waals surface area contributed by atoms with Gasteiger partial charge in [-0.05, 0) is 38.3 Å². The minimum Gasteiger partial charge on any atom is -0.305 e. The molecule has 0 amide bonds. The maximum absolute atomic E-state index is 4.15. The largest absolute Gasteiger partial charge is 0.305 e. The second-order valence-corrected chi connectivity index (χ2v) is 4.42. The van der Waals surface area contributed by atoms with Gasteiger partial charge in [-0.2, -0.15) is 0 Å². The van der Waals surface area contributed by atoms with E-state index >= 15 is 0 Å². The highest BCUT2D eigenvalue weighted by atomic mass is 15.0. The third-order valence-corrected chi connectivity index (χ3v) is 3.31.